The molecule has 1 fully saturated rings. The Morgan fingerprint density at radius 1 is 1.50 bits per heavy atom. The molecular weight excluding hydrogens is 226 g/mol. The Hall–Kier alpha value is -1.58. The molecule has 0 aliphatic heterocycles. The summed E-state index contributed by atoms with van der Waals surface area (Å²) in [6.45, 7) is 4.12. The Bertz CT molecular complexity index is 418. The van der Waals surface area contributed by atoms with Gasteiger partial charge < -0.3 is 10.6 Å². The van der Waals surface area contributed by atoms with Gasteiger partial charge in [0.2, 0.25) is 0 Å². The maximum absolute atomic E-state index is 12.2. The van der Waals surface area contributed by atoms with Crippen molar-refractivity contribution < 1.29 is 4.79 Å². The molecule has 1 atom stereocenters. The first kappa shape index (κ1) is 12.9. The summed E-state index contributed by atoms with van der Waals surface area (Å²) in [6.07, 6.45) is 3.30. The van der Waals surface area contributed by atoms with E-state index in [1.807, 2.05) is 20.0 Å². The molecule has 1 saturated carbocycles. The van der Waals surface area contributed by atoms with Gasteiger partial charge in [-0.05, 0) is 44.2 Å². The monoisotopic (exact) mass is 247 g/mol. The van der Waals surface area contributed by atoms with Gasteiger partial charge in [0.05, 0.1) is 0 Å². The highest BCUT2D eigenvalue weighted by Crippen LogP contribution is 2.32. The first-order chi connectivity index (χ1) is 8.63. The molecule has 1 unspecified atom stereocenters. The highest BCUT2D eigenvalue weighted by Gasteiger charge is 2.29. The molecule has 1 amide bonds. The fraction of sp³-hybridized carbons (Fsp3) is 0.571. The molecule has 2 N–H and O–H groups in total. The summed E-state index contributed by atoms with van der Waals surface area (Å²) >= 11 is 0. The third-order valence-corrected chi connectivity index (χ3v) is 3.45. The summed E-state index contributed by atoms with van der Waals surface area (Å²) in [4.78, 5) is 16.5. The normalized spacial score (nSPS) is 16.2. The second-order valence-electron chi connectivity index (χ2n) is 4.94. The minimum atomic E-state index is 0.00278. The van der Waals surface area contributed by atoms with Crippen molar-refractivity contribution in [3.63, 3.8) is 0 Å². The third kappa shape index (κ3) is 3.00. The van der Waals surface area contributed by atoms with E-state index in [-0.39, 0.29) is 11.9 Å². The summed E-state index contributed by atoms with van der Waals surface area (Å²) in [5.41, 5.74) is 1.63. The predicted octanol–water partition coefficient (Wildman–Crippen LogP) is 2.21. The summed E-state index contributed by atoms with van der Waals surface area (Å²) < 4.78 is 0. The topological polar surface area (TPSA) is 54.0 Å². The number of aromatic nitrogens is 1. The van der Waals surface area contributed by atoms with Crippen LogP contribution in [0.15, 0.2) is 12.1 Å². The molecule has 1 aliphatic carbocycles. The lowest BCUT2D eigenvalue weighted by Crippen LogP contribution is -2.34. The van der Waals surface area contributed by atoms with E-state index in [2.05, 4.69) is 22.5 Å². The number of amides is 1. The molecule has 1 aromatic heterocycles. The number of carbonyl (C=O) groups excluding carboxylic acids is 1. The van der Waals surface area contributed by atoms with E-state index in [4.69, 9.17) is 0 Å². The van der Waals surface area contributed by atoms with Crippen molar-refractivity contribution in [2.24, 2.45) is 5.92 Å². The lowest BCUT2D eigenvalue weighted by Gasteiger charge is -2.13. The van der Waals surface area contributed by atoms with E-state index >= 15 is 0 Å². The molecule has 1 aliphatic rings. The number of nitrogens with one attached hydrogen (secondary N) is 2. The van der Waals surface area contributed by atoms with Crippen LogP contribution in [0.2, 0.25) is 0 Å². The van der Waals surface area contributed by atoms with Crippen LogP contribution in [-0.4, -0.2) is 24.0 Å². The van der Waals surface area contributed by atoms with Crippen molar-refractivity contribution in [3.8, 4) is 0 Å². The Morgan fingerprint density at radius 2 is 2.22 bits per heavy atom. The van der Waals surface area contributed by atoms with Crippen LogP contribution in [-0.2, 0) is 6.42 Å². The molecule has 0 saturated heterocycles. The van der Waals surface area contributed by atoms with Crippen LogP contribution in [0.4, 0.5) is 5.82 Å². The number of anilines is 1. The van der Waals surface area contributed by atoms with E-state index in [9.17, 15) is 4.79 Å². The molecule has 4 nitrogen and oxygen atoms in total. The summed E-state index contributed by atoms with van der Waals surface area (Å²) in [5, 5.41) is 6.06. The second kappa shape index (κ2) is 5.38. The SMILES string of the molecule is CCc1cc(C(=O)NC(C)C2CC2)cc(NC)n1. The quantitative estimate of drug-likeness (QED) is 0.838. The van der Waals surface area contributed by atoms with E-state index in [0.29, 0.717) is 11.5 Å². The number of hydrogen-bond donors (Lipinski definition) is 2. The van der Waals surface area contributed by atoms with Crippen LogP contribution in [0.25, 0.3) is 0 Å². The molecule has 1 heterocycles. The Kier molecular flexibility index (Phi) is 3.84. The van der Waals surface area contributed by atoms with Crippen molar-refractivity contribution in [2.75, 3.05) is 12.4 Å². The van der Waals surface area contributed by atoms with Gasteiger partial charge in [0.15, 0.2) is 0 Å². The van der Waals surface area contributed by atoms with Gasteiger partial charge in [0.1, 0.15) is 5.82 Å². The molecule has 4 heteroatoms. The maximum Gasteiger partial charge on any atom is 0.251 e. The number of pyridine rings is 1. The minimum absolute atomic E-state index is 0.00278. The molecule has 1 aromatic rings. The van der Waals surface area contributed by atoms with Gasteiger partial charge in [-0.1, -0.05) is 6.92 Å². The highest BCUT2D eigenvalue weighted by atomic mass is 16.1. The zero-order chi connectivity index (χ0) is 13.1. The summed E-state index contributed by atoms with van der Waals surface area (Å²) in [5.74, 6) is 1.42. The fourth-order valence-electron chi connectivity index (χ4n) is 2.03. The summed E-state index contributed by atoms with van der Waals surface area (Å²) in [7, 11) is 1.82. The molecule has 0 radical (unpaired) electrons. The Labute approximate surface area is 108 Å². The molecular formula is C14H21N3O. The molecule has 0 aromatic carbocycles. The molecule has 0 bridgehead atoms. The van der Waals surface area contributed by atoms with E-state index in [1.54, 1.807) is 6.07 Å². The maximum atomic E-state index is 12.2. The third-order valence-electron chi connectivity index (χ3n) is 3.45. The number of rotatable bonds is 5. The summed E-state index contributed by atoms with van der Waals surface area (Å²) in [6, 6.07) is 3.94. The first-order valence-electron chi connectivity index (χ1n) is 6.63. The van der Waals surface area contributed by atoms with Crippen LogP contribution in [0.3, 0.4) is 0 Å². The smallest absolute Gasteiger partial charge is 0.251 e. The van der Waals surface area contributed by atoms with Crippen molar-refractivity contribution in [3.05, 3.63) is 23.4 Å². The van der Waals surface area contributed by atoms with E-state index in [1.165, 1.54) is 12.8 Å². The number of nitrogens with zero attached hydrogens (tertiary/aromatic N) is 1. The standard InChI is InChI=1S/C14H21N3O/c1-4-12-7-11(8-13(15-3)17-12)14(18)16-9(2)10-5-6-10/h7-10H,4-6H2,1-3H3,(H,15,17)(H,16,18). The average Bonchev–Trinajstić information content (AvgIpc) is 3.22. The zero-order valence-corrected chi connectivity index (χ0v) is 11.3. The van der Waals surface area contributed by atoms with Gasteiger partial charge in [-0.3, -0.25) is 4.79 Å². The minimum Gasteiger partial charge on any atom is -0.373 e. The lowest BCUT2D eigenvalue weighted by atomic mass is 10.1. The molecule has 0 spiro atoms. The van der Waals surface area contributed by atoms with Crippen molar-refractivity contribution in [1.82, 2.24) is 10.3 Å². The van der Waals surface area contributed by atoms with Crippen molar-refractivity contribution >= 4 is 11.7 Å². The number of carbonyl (C=O) groups is 1. The lowest BCUT2D eigenvalue weighted by molar-refractivity contribution is 0.0935. The van der Waals surface area contributed by atoms with Crippen molar-refractivity contribution in [2.45, 2.75) is 39.2 Å². The molecule has 98 valence electrons. The average molecular weight is 247 g/mol. The van der Waals surface area contributed by atoms with E-state index in [0.717, 1.165) is 17.9 Å². The van der Waals surface area contributed by atoms with Crippen molar-refractivity contribution in [1.29, 1.82) is 0 Å². The van der Waals surface area contributed by atoms with Gasteiger partial charge >= 0.3 is 0 Å². The number of hydrogen-bond acceptors (Lipinski definition) is 3. The van der Waals surface area contributed by atoms with Gasteiger partial charge in [-0.2, -0.15) is 0 Å². The molecule has 18 heavy (non-hydrogen) atoms. The van der Waals surface area contributed by atoms with Crippen LogP contribution in [0.5, 0.6) is 0 Å². The predicted molar refractivity (Wildman–Crippen MR) is 72.8 cm³/mol. The van der Waals surface area contributed by atoms with Crippen LogP contribution in [0, 0.1) is 5.92 Å². The zero-order valence-electron chi connectivity index (χ0n) is 11.3. The van der Waals surface area contributed by atoms with Crippen LogP contribution in [0.1, 0.15) is 42.7 Å². The Balaban J connectivity index is 2.12. The van der Waals surface area contributed by atoms with Gasteiger partial charge in [0, 0.05) is 24.3 Å². The largest absolute Gasteiger partial charge is 0.373 e. The number of aryl methyl sites for hydroxylation is 1. The first-order valence-corrected chi connectivity index (χ1v) is 6.63. The Morgan fingerprint density at radius 3 is 2.78 bits per heavy atom. The van der Waals surface area contributed by atoms with Gasteiger partial charge in [-0.25, -0.2) is 4.98 Å². The highest BCUT2D eigenvalue weighted by molar-refractivity contribution is 5.95. The fourth-order valence-corrected chi connectivity index (χ4v) is 2.03. The van der Waals surface area contributed by atoms with Gasteiger partial charge in [0.25, 0.3) is 5.91 Å². The molecule has 2 rings (SSSR count). The van der Waals surface area contributed by atoms with Crippen LogP contribution >= 0.6 is 0 Å². The second-order valence-corrected chi connectivity index (χ2v) is 4.94. The van der Waals surface area contributed by atoms with E-state index < -0.39 is 0 Å². The van der Waals surface area contributed by atoms with Gasteiger partial charge in [-0.15, -0.1) is 0 Å². The van der Waals surface area contributed by atoms with Crippen LogP contribution < -0.4 is 10.6 Å².